The molecule has 0 unspecified atom stereocenters. The van der Waals surface area contributed by atoms with E-state index >= 15 is 0 Å². The summed E-state index contributed by atoms with van der Waals surface area (Å²) in [5, 5.41) is 11.2. The molecule has 3 nitrogen and oxygen atoms in total. The number of hydrogen-bond acceptors (Lipinski definition) is 2. The number of para-hydroxylation sites is 1. The van der Waals surface area contributed by atoms with Crippen molar-refractivity contribution < 1.29 is 14.5 Å². The fourth-order valence-electron chi connectivity index (χ4n) is 2.33. The van der Waals surface area contributed by atoms with E-state index in [0.717, 1.165) is 17.0 Å². The molecule has 92 valence electrons. The topological polar surface area (TPSA) is 44.0 Å². The van der Waals surface area contributed by atoms with Crippen molar-refractivity contribution in [3.05, 3.63) is 58.9 Å². The maximum Gasteiger partial charge on any atom is 0.220 e. The van der Waals surface area contributed by atoms with Gasteiger partial charge in [-0.05, 0) is 18.6 Å². The lowest BCUT2D eigenvalue weighted by atomic mass is 10.1. The summed E-state index contributed by atoms with van der Waals surface area (Å²) >= 11 is 0. The Kier molecular flexibility index (Phi) is 3.15. The molecule has 1 heterocycles. The zero-order valence-corrected chi connectivity index (χ0v) is 10.7. The van der Waals surface area contributed by atoms with Gasteiger partial charge >= 0.3 is 0 Å². The minimum Gasteiger partial charge on any atom is -0.545 e. The second-order valence-corrected chi connectivity index (χ2v) is 4.46. The number of rotatable bonds is 2. The van der Waals surface area contributed by atoms with Crippen LogP contribution in [0.15, 0.2) is 36.4 Å². The Morgan fingerprint density at radius 2 is 1.61 bits per heavy atom. The van der Waals surface area contributed by atoms with Gasteiger partial charge in [-0.1, -0.05) is 12.1 Å². The standard InChI is InChI=1S/C15H15NO2/c1-10-8-11(2)16(12(3)9-10)14-7-5-4-6-13(14)15(17)18/h4-9H,1-3H3. The quantitative estimate of drug-likeness (QED) is 0.743. The number of carbonyl (C=O) groups is 1. The monoisotopic (exact) mass is 241 g/mol. The first kappa shape index (κ1) is 12.3. The largest absolute Gasteiger partial charge is 0.545 e. The van der Waals surface area contributed by atoms with Crippen LogP contribution in [0, 0.1) is 20.8 Å². The van der Waals surface area contributed by atoms with Crippen molar-refractivity contribution in [2.75, 3.05) is 0 Å². The number of aryl methyl sites for hydroxylation is 3. The van der Waals surface area contributed by atoms with E-state index in [1.165, 1.54) is 0 Å². The van der Waals surface area contributed by atoms with Crippen molar-refractivity contribution in [2.45, 2.75) is 20.8 Å². The van der Waals surface area contributed by atoms with Gasteiger partial charge in [-0.2, -0.15) is 4.57 Å². The predicted octanol–water partition coefficient (Wildman–Crippen LogP) is 1.25. The minimum absolute atomic E-state index is 0.206. The lowest BCUT2D eigenvalue weighted by Crippen LogP contribution is -2.40. The first-order valence-electron chi connectivity index (χ1n) is 5.81. The zero-order valence-electron chi connectivity index (χ0n) is 10.7. The number of benzene rings is 1. The average molecular weight is 241 g/mol. The van der Waals surface area contributed by atoms with Gasteiger partial charge in [-0.3, -0.25) is 0 Å². The Morgan fingerprint density at radius 3 is 2.17 bits per heavy atom. The Hall–Kier alpha value is -2.16. The van der Waals surface area contributed by atoms with E-state index in [0.29, 0.717) is 5.69 Å². The molecule has 0 radical (unpaired) electrons. The van der Waals surface area contributed by atoms with Crippen molar-refractivity contribution in [2.24, 2.45) is 0 Å². The van der Waals surface area contributed by atoms with Crippen LogP contribution in [0.1, 0.15) is 27.3 Å². The number of nitrogens with zero attached hydrogens (tertiary/aromatic N) is 1. The molecular weight excluding hydrogens is 226 g/mol. The first-order chi connectivity index (χ1) is 8.50. The van der Waals surface area contributed by atoms with Gasteiger partial charge in [0.15, 0.2) is 11.4 Å². The van der Waals surface area contributed by atoms with Gasteiger partial charge in [-0.25, -0.2) is 0 Å². The van der Waals surface area contributed by atoms with Crippen molar-refractivity contribution in [1.82, 2.24) is 0 Å². The molecule has 0 aliphatic carbocycles. The van der Waals surface area contributed by atoms with E-state index in [4.69, 9.17) is 0 Å². The van der Waals surface area contributed by atoms with Crippen molar-refractivity contribution in [1.29, 1.82) is 0 Å². The van der Waals surface area contributed by atoms with Crippen LogP contribution in [0.4, 0.5) is 0 Å². The number of carboxylic acids is 1. The van der Waals surface area contributed by atoms with E-state index in [2.05, 4.69) is 0 Å². The summed E-state index contributed by atoms with van der Waals surface area (Å²) < 4.78 is 1.93. The summed E-state index contributed by atoms with van der Waals surface area (Å²) in [5.74, 6) is -1.16. The third kappa shape index (κ3) is 2.12. The lowest BCUT2D eigenvalue weighted by molar-refractivity contribution is -0.609. The van der Waals surface area contributed by atoms with E-state index in [1.807, 2.05) is 43.5 Å². The molecule has 2 aromatic rings. The van der Waals surface area contributed by atoms with E-state index in [1.54, 1.807) is 18.2 Å². The predicted molar refractivity (Wildman–Crippen MR) is 66.5 cm³/mol. The van der Waals surface area contributed by atoms with Gasteiger partial charge in [0.1, 0.15) is 0 Å². The highest BCUT2D eigenvalue weighted by Gasteiger charge is 2.18. The van der Waals surface area contributed by atoms with Crippen LogP contribution in [0.3, 0.4) is 0 Å². The maximum atomic E-state index is 11.2. The summed E-state index contributed by atoms with van der Waals surface area (Å²) in [4.78, 5) is 11.2. The van der Waals surface area contributed by atoms with Gasteiger partial charge < -0.3 is 9.90 Å². The van der Waals surface area contributed by atoms with Crippen LogP contribution in [0.5, 0.6) is 0 Å². The highest BCUT2D eigenvalue weighted by Crippen LogP contribution is 2.11. The number of pyridine rings is 1. The summed E-state index contributed by atoms with van der Waals surface area (Å²) in [7, 11) is 0. The molecule has 0 spiro atoms. The minimum atomic E-state index is -1.16. The smallest absolute Gasteiger partial charge is 0.220 e. The Morgan fingerprint density at radius 1 is 1.06 bits per heavy atom. The first-order valence-corrected chi connectivity index (χ1v) is 5.81. The normalized spacial score (nSPS) is 10.4. The third-order valence-electron chi connectivity index (χ3n) is 2.94. The molecule has 1 aromatic heterocycles. The molecule has 0 N–H and O–H groups in total. The van der Waals surface area contributed by atoms with Crippen LogP contribution in [0.25, 0.3) is 5.69 Å². The summed E-state index contributed by atoms with van der Waals surface area (Å²) in [6.45, 7) is 5.95. The van der Waals surface area contributed by atoms with Gasteiger partial charge in [0.25, 0.3) is 0 Å². The molecule has 0 aliphatic heterocycles. The highest BCUT2D eigenvalue weighted by atomic mass is 16.4. The zero-order chi connectivity index (χ0) is 13.3. The Bertz CT molecular complexity index is 595. The van der Waals surface area contributed by atoms with Crippen LogP contribution in [-0.4, -0.2) is 5.97 Å². The summed E-state index contributed by atoms with van der Waals surface area (Å²) in [6.07, 6.45) is 0. The molecule has 0 fully saturated rings. The van der Waals surface area contributed by atoms with Crippen LogP contribution < -0.4 is 9.67 Å². The van der Waals surface area contributed by atoms with Gasteiger partial charge in [0.2, 0.25) is 5.69 Å². The Labute approximate surface area is 106 Å². The summed E-state index contributed by atoms with van der Waals surface area (Å²) in [5.41, 5.74) is 4.01. The van der Waals surface area contributed by atoms with Crippen molar-refractivity contribution >= 4 is 5.97 Å². The fourth-order valence-corrected chi connectivity index (χ4v) is 2.33. The molecule has 0 bridgehead atoms. The second-order valence-electron chi connectivity index (χ2n) is 4.46. The SMILES string of the molecule is Cc1cc(C)[n+](-c2ccccc2C(=O)[O-])c(C)c1. The van der Waals surface area contributed by atoms with Gasteiger partial charge in [-0.15, -0.1) is 0 Å². The fraction of sp³-hybridized carbons (Fsp3) is 0.200. The molecule has 3 heteroatoms. The molecule has 0 atom stereocenters. The van der Waals surface area contributed by atoms with Crippen molar-refractivity contribution in [3.8, 4) is 5.69 Å². The molecule has 0 saturated carbocycles. The Balaban J connectivity index is 2.74. The molecule has 0 amide bonds. The van der Waals surface area contributed by atoms with Gasteiger partial charge in [0, 0.05) is 32.0 Å². The lowest BCUT2D eigenvalue weighted by Gasteiger charge is -2.09. The molecule has 2 rings (SSSR count). The maximum absolute atomic E-state index is 11.2. The second kappa shape index (κ2) is 4.61. The molecule has 18 heavy (non-hydrogen) atoms. The number of carboxylic acid groups (broad SMARTS) is 1. The summed E-state index contributed by atoms with van der Waals surface area (Å²) in [6, 6.07) is 10.9. The third-order valence-corrected chi connectivity index (χ3v) is 2.94. The van der Waals surface area contributed by atoms with Crippen molar-refractivity contribution in [3.63, 3.8) is 0 Å². The van der Waals surface area contributed by atoms with Gasteiger partial charge in [0.05, 0.1) is 11.5 Å². The molecular formula is C15H15NO2. The number of hydrogen-bond donors (Lipinski definition) is 0. The van der Waals surface area contributed by atoms with Crippen LogP contribution >= 0.6 is 0 Å². The number of carbonyl (C=O) groups excluding carboxylic acids is 1. The van der Waals surface area contributed by atoms with E-state index < -0.39 is 5.97 Å². The highest BCUT2D eigenvalue weighted by molar-refractivity contribution is 5.89. The molecule has 1 aromatic carbocycles. The average Bonchev–Trinajstić information content (AvgIpc) is 2.28. The van der Waals surface area contributed by atoms with Crippen LogP contribution in [0.2, 0.25) is 0 Å². The molecule has 0 aliphatic rings. The van der Waals surface area contributed by atoms with E-state index in [9.17, 15) is 9.90 Å². The van der Waals surface area contributed by atoms with E-state index in [-0.39, 0.29) is 5.56 Å². The van der Waals surface area contributed by atoms with Crippen LogP contribution in [-0.2, 0) is 0 Å². The number of aromatic nitrogens is 1. The molecule has 0 saturated heterocycles. The number of aromatic carboxylic acids is 1.